The molecule has 2 amide bonds. The Hall–Kier alpha value is -1.63. The number of hydrogen-bond acceptors (Lipinski definition) is 4. The number of likely N-dealkylation sites (N-methyl/N-ethyl adjacent to an activating group) is 1. The van der Waals surface area contributed by atoms with Crippen molar-refractivity contribution in [3.8, 4) is 0 Å². The van der Waals surface area contributed by atoms with Crippen LogP contribution in [0.15, 0.2) is 0 Å². The van der Waals surface area contributed by atoms with E-state index in [1.165, 1.54) is 0 Å². The number of nitrogens with zero attached hydrogens (tertiary/aromatic N) is 1. The summed E-state index contributed by atoms with van der Waals surface area (Å²) in [6.07, 6.45) is 2.88. The van der Waals surface area contributed by atoms with E-state index in [2.05, 4.69) is 10.6 Å². The number of rotatable bonds is 11. The molecular formula is C13H27N3O4. The molecule has 118 valence electrons. The van der Waals surface area contributed by atoms with Crippen LogP contribution < -0.4 is 10.6 Å². The number of carbonyl (C=O) groups excluding carboxylic acids is 2. The fourth-order valence-electron chi connectivity index (χ4n) is 1.66. The summed E-state index contributed by atoms with van der Waals surface area (Å²) in [5, 5.41) is 13.7. The number of aliphatic carboxylic acids is 1. The molecular weight excluding hydrogens is 265 g/mol. The highest BCUT2D eigenvalue weighted by atomic mass is 16.4. The summed E-state index contributed by atoms with van der Waals surface area (Å²) in [7, 11) is 3.62. The zero-order chi connectivity index (χ0) is 14.7. The van der Waals surface area contributed by atoms with Crippen molar-refractivity contribution >= 4 is 18.3 Å². The third-order valence-corrected chi connectivity index (χ3v) is 2.70. The van der Waals surface area contributed by atoms with E-state index in [-0.39, 0.29) is 32.3 Å². The minimum atomic E-state index is -0.929. The molecule has 7 heteroatoms. The number of carboxylic acid groups (broad SMARTS) is 1. The van der Waals surface area contributed by atoms with Gasteiger partial charge in [-0.05, 0) is 33.4 Å². The average molecular weight is 292 g/mol. The van der Waals surface area contributed by atoms with Crippen LogP contribution in [0.4, 0.5) is 0 Å². The molecule has 7 nitrogen and oxygen atoms in total. The van der Waals surface area contributed by atoms with Gasteiger partial charge in [0.05, 0.1) is 12.5 Å². The quantitative estimate of drug-likeness (QED) is 0.284. The Kier molecular flexibility index (Phi) is 12.8. The van der Waals surface area contributed by atoms with Crippen molar-refractivity contribution in [1.82, 2.24) is 15.5 Å². The van der Waals surface area contributed by atoms with E-state index in [9.17, 15) is 14.4 Å². The van der Waals surface area contributed by atoms with Crippen molar-refractivity contribution in [2.24, 2.45) is 0 Å². The Morgan fingerprint density at radius 2 is 1.90 bits per heavy atom. The molecule has 0 aromatic heterocycles. The van der Waals surface area contributed by atoms with Gasteiger partial charge in [-0.25, -0.2) is 0 Å². The lowest BCUT2D eigenvalue weighted by Crippen LogP contribution is -2.44. The summed E-state index contributed by atoms with van der Waals surface area (Å²) in [5.74, 6) is -1.09. The van der Waals surface area contributed by atoms with Crippen molar-refractivity contribution < 1.29 is 19.5 Å². The number of carbonyl (C=O) groups is 3. The molecule has 1 atom stereocenters. The molecule has 3 N–H and O–H groups in total. The summed E-state index contributed by atoms with van der Waals surface area (Å²) in [5.41, 5.74) is 0. The second-order valence-electron chi connectivity index (χ2n) is 4.48. The maximum atomic E-state index is 11.9. The Bertz CT molecular complexity index is 295. The third-order valence-electron chi connectivity index (χ3n) is 2.70. The van der Waals surface area contributed by atoms with Gasteiger partial charge in [0.15, 0.2) is 0 Å². The third kappa shape index (κ3) is 10.3. The highest BCUT2D eigenvalue weighted by molar-refractivity contribution is 5.82. The standard InChI is InChI=1S/C12H23N3O4.CH4/c1-15(2)10(5-3-4-7-13-9-16)12(19)14-8-6-11(17)18;/h9-10H,3-8H2,1-2H3,(H,13,16)(H,14,19)(H,17,18);1H4/i7+1,9+1;1+1. The van der Waals surface area contributed by atoms with Gasteiger partial charge in [-0.3, -0.25) is 19.3 Å². The van der Waals surface area contributed by atoms with Gasteiger partial charge in [-0.2, -0.15) is 0 Å². The van der Waals surface area contributed by atoms with Crippen LogP contribution in [0.1, 0.15) is 33.1 Å². The van der Waals surface area contributed by atoms with E-state index in [1.54, 1.807) is 0 Å². The van der Waals surface area contributed by atoms with E-state index in [0.717, 1.165) is 12.8 Å². The van der Waals surface area contributed by atoms with Crippen LogP contribution in [-0.4, -0.2) is 61.5 Å². The topological polar surface area (TPSA) is 98.7 Å². The number of unbranched alkanes of at least 4 members (excludes halogenated alkanes) is 1. The summed E-state index contributed by atoms with van der Waals surface area (Å²) >= 11 is 0. The predicted molar refractivity (Wildman–Crippen MR) is 77.4 cm³/mol. The fourth-order valence-corrected chi connectivity index (χ4v) is 1.66. The SMILES string of the molecule is CN(C)C(CCC[13CH2]N[13CH]=O)C(=O)NCCC(=O)O.[13CH4]. The molecule has 0 aromatic carbocycles. The first kappa shape index (κ1) is 20.7. The Morgan fingerprint density at radius 3 is 2.40 bits per heavy atom. The maximum absolute atomic E-state index is 11.9. The molecule has 0 saturated carbocycles. The summed E-state index contributed by atoms with van der Waals surface area (Å²) in [6, 6.07) is -0.273. The zero-order valence-corrected chi connectivity index (χ0v) is 11.5. The normalized spacial score (nSPS) is 11.3. The lowest BCUT2D eigenvalue weighted by atomic mass is 10.1. The van der Waals surface area contributed by atoms with Crippen molar-refractivity contribution in [2.75, 3.05) is 27.2 Å². The van der Waals surface area contributed by atoms with Gasteiger partial charge in [0.1, 0.15) is 0 Å². The Balaban J connectivity index is 0. The lowest BCUT2D eigenvalue weighted by Gasteiger charge is -2.23. The number of amides is 2. The highest BCUT2D eigenvalue weighted by Gasteiger charge is 2.19. The van der Waals surface area contributed by atoms with Crippen LogP contribution in [0, 0.1) is 0 Å². The number of carboxylic acids is 1. The Labute approximate surface area is 120 Å². The molecule has 0 heterocycles. The largest absolute Gasteiger partial charge is 0.481 e. The predicted octanol–water partition coefficient (Wildman–Crippen LogP) is 0.0599. The first-order valence-electron chi connectivity index (χ1n) is 6.32. The van der Waals surface area contributed by atoms with Crippen LogP contribution in [0.25, 0.3) is 0 Å². The average Bonchev–Trinajstić information content (AvgIpc) is 2.32. The second kappa shape index (κ2) is 12.4. The van der Waals surface area contributed by atoms with E-state index in [0.29, 0.717) is 19.4 Å². The molecule has 0 aliphatic heterocycles. The monoisotopic (exact) mass is 292 g/mol. The van der Waals surface area contributed by atoms with Crippen LogP contribution in [-0.2, 0) is 14.4 Å². The van der Waals surface area contributed by atoms with Crippen molar-refractivity contribution in [1.29, 1.82) is 0 Å². The van der Waals surface area contributed by atoms with Gasteiger partial charge in [0.2, 0.25) is 12.3 Å². The van der Waals surface area contributed by atoms with Gasteiger partial charge in [-0.15, -0.1) is 0 Å². The number of nitrogens with one attached hydrogen (secondary N) is 2. The van der Waals surface area contributed by atoms with Gasteiger partial charge in [-0.1, -0.05) is 7.43 Å². The van der Waals surface area contributed by atoms with E-state index in [4.69, 9.17) is 5.11 Å². The van der Waals surface area contributed by atoms with Gasteiger partial charge in [0.25, 0.3) is 0 Å². The smallest absolute Gasteiger partial charge is 0.305 e. The minimum absolute atomic E-state index is 0. The van der Waals surface area contributed by atoms with Gasteiger partial charge >= 0.3 is 5.97 Å². The summed E-state index contributed by atoms with van der Waals surface area (Å²) in [4.78, 5) is 34.1. The summed E-state index contributed by atoms with van der Waals surface area (Å²) in [6.45, 7) is 0.746. The Morgan fingerprint density at radius 1 is 1.25 bits per heavy atom. The molecule has 0 aliphatic carbocycles. The number of hydrogen-bond donors (Lipinski definition) is 3. The van der Waals surface area contributed by atoms with Gasteiger partial charge < -0.3 is 15.7 Å². The van der Waals surface area contributed by atoms with Gasteiger partial charge in [0, 0.05) is 13.1 Å². The highest BCUT2D eigenvalue weighted by Crippen LogP contribution is 2.06. The molecule has 0 radical (unpaired) electrons. The minimum Gasteiger partial charge on any atom is -0.481 e. The van der Waals surface area contributed by atoms with E-state index >= 15 is 0 Å². The second-order valence-corrected chi connectivity index (χ2v) is 4.48. The fraction of sp³-hybridized carbons (Fsp3) is 0.769. The molecule has 0 rings (SSSR count). The molecule has 0 spiro atoms. The van der Waals surface area contributed by atoms with Crippen LogP contribution in [0.5, 0.6) is 0 Å². The lowest BCUT2D eigenvalue weighted by molar-refractivity contribution is -0.137. The molecule has 1 unspecified atom stereocenters. The maximum Gasteiger partial charge on any atom is 0.305 e. The zero-order valence-electron chi connectivity index (χ0n) is 11.5. The molecule has 0 saturated heterocycles. The molecule has 20 heavy (non-hydrogen) atoms. The molecule has 0 aliphatic rings. The molecule has 0 fully saturated rings. The first-order valence-corrected chi connectivity index (χ1v) is 6.32. The molecule has 0 bridgehead atoms. The van der Waals surface area contributed by atoms with E-state index < -0.39 is 5.97 Å². The van der Waals surface area contributed by atoms with E-state index in [1.807, 2.05) is 19.0 Å². The van der Waals surface area contributed by atoms with Crippen molar-refractivity contribution in [3.05, 3.63) is 0 Å². The van der Waals surface area contributed by atoms with Crippen LogP contribution in [0.3, 0.4) is 0 Å². The first-order chi connectivity index (χ1) is 8.99. The van der Waals surface area contributed by atoms with Crippen LogP contribution in [0.2, 0.25) is 0 Å². The van der Waals surface area contributed by atoms with Crippen LogP contribution >= 0.6 is 0 Å². The van der Waals surface area contributed by atoms with Crippen molar-refractivity contribution in [2.45, 2.75) is 39.2 Å². The molecule has 0 aromatic rings. The van der Waals surface area contributed by atoms with Crippen molar-refractivity contribution in [3.63, 3.8) is 0 Å². The summed E-state index contributed by atoms with van der Waals surface area (Å²) < 4.78 is 0.